The molecule has 0 aliphatic carbocycles. The van der Waals surface area contributed by atoms with Gasteiger partial charge in [0.25, 0.3) is 0 Å². The number of aryl methyl sites for hydroxylation is 2. The highest BCUT2D eigenvalue weighted by Crippen LogP contribution is 2.24. The summed E-state index contributed by atoms with van der Waals surface area (Å²) in [5.41, 5.74) is 3.16. The van der Waals surface area contributed by atoms with E-state index in [4.69, 9.17) is 4.74 Å². The zero-order valence-electron chi connectivity index (χ0n) is 11.6. The van der Waals surface area contributed by atoms with Crippen LogP contribution < -0.4 is 10.1 Å². The summed E-state index contributed by atoms with van der Waals surface area (Å²) in [4.78, 5) is 8.59. The summed E-state index contributed by atoms with van der Waals surface area (Å²) in [6, 6.07) is 6.11. The van der Waals surface area contributed by atoms with Crippen LogP contribution in [-0.4, -0.2) is 16.5 Å². The summed E-state index contributed by atoms with van der Waals surface area (Å²) in [7, 11) is 0. The maximum absolute atomic E-state index is 5.76. The van der Waals surface area contributed by atoms with Gasteiger partial charge in [-0.1, -0.05) is 19.1 Å². The topological polar surface area (TPSA) is 47.0 Å². The molecule has 0 aliphatic rings. The van der Waals surface area contributed by atoms with Gasteiger partial charge in [-0.2, -0.15) is 0 Å². The third-order valence-electron chi connectivity index (χ3n) is 2.80. The molecular formula is C15H19N3O. The Balaban J connectivity index is 2.08. The summed E-state index contributed by atoms with van der Waals surface area (Å²) in [5, 5.41) is 3.21. The normalized spacial score (nSPS) is 10.5. The van der Waals surface area contributed by atoms with Crippen LogP contribution in [0.5, 0.6) is 11.6 Å². The third-order valence-corrected chi connectivity index (χ3v) is 2.80. The van der Waals surface area contributed by atoms with E-state index < -0.39 is 0 Å². The highest BCUT2D eigenvalue weighted by atomic mass is 16.5. The molecule has 1 aromatic carbocycles. The van der Waals surface area contributed by atoms with Gasteiger partial charge in [0.15, 0.2) is 0 Å². The van der Waals surface area contributed by atoms with Crippen molar-refractivity contribution >= 4 is 0 Å². The molecular weight excluding hydrogens is 238 g/mol. The molecule has 0 saturated heterocycles. The predicted octanol–water partition coefficient (Wildman–Crippen LogP) is 3.00. The molecule has 0 aliphatic heterocycles. The van der Waals surface area contributed by atoms with Crippen LogP contribution in [0.25, 0.3) is 0 Å². The summed E-state index contributed by atoms with van der Waals surface area (Å²) in [6.07, 6.45) is 3.40. The van der Waals surface area contributed by atoms with E-state index in [1.54, 1.807) is 12.4 Å². The van der Waals surface area contributed by atoms with Crippen molar-refractivity contribution in [3.63, 3.8) is 0 Å². The molecule has 0 unspecified atom stereocenters. The molecule has 1 heterocycles. The van der Waals surface area contributed by atoms with Crippen LogP contribution in [0.3, 0.4) is 0 Å². The SMILES string of the molecule is CCNCc1cnc(Oc2cc(C)ccc2C)cn1. The summed E-state index contributed by atoms with van der Waals surface area (Å²) < 4.78 is 5.76. The Morgan fingerprint density at radius 2 is 2.00 bits per heavy atom. The fourth-order valence-corrected chi connectivity index (χ4v) is 1.67. The van der Waals surface area contributed by atoms with Crippen molar-refractivity contribution in [3.8, 4) is 11.6 Å². The van der Waals surface area contributed by atoms with Crippen molar-refractivity contribution in [2.45, 2.75) is 27.3 Å². The van der Waals surface area contributed by atoms with E-state index in [-0.39, 0.29) is 0 Å². The molecule has 2 aromatic rings. The molecule has 19 heavy (non-hydrogen) atoms. The third kappa shape index (κ3) is 3.76. The van der Waals surface area contributed by atoms with Crippen LogP contribution in [0, 0.1) is 13.8 Å². The highest BCUT2D eigenvalue weighted by molar-refractivity contribution is 5.38. The average molecular weight is 257 g/mol. The molecule has 0 bridgehead atoms. The van der Waals surface area contributed by atoms with Gasteiger partial charge in [-0.15, -0.1) is 0 Å². The quantitative estimate of drug-likeness (QED) is 0.894. The number of aromatic nitrogens is 2. The Hall–Kier alpha value is -1.94. The van der Waals surface area contributed by atoms with Gasteiger partial charge in [0.1, 0.15) is 5.75 Å². The standard InChI is InChI=1S/C15H19N3O/c1-4-16-8-13-9-18-15(10-17-13)19-14-7-11(2)5-6-12(14)3/h5-7,9-10,16H,4,8H2,1-3H3. The number of hydrogen-bond donors (Lipinski definition) is 1. The van der Waals surface area contributed by atoms with Crippen molar-refractivity contribution in [2.75, 3.05) is 6.54 Å². The minimum absolute atomic E-state index is 0.522. The zero-order valence-corrected chi connectivity index (χ0v) is 11.6. The van der Waals surface area contributed by atoms with Crippen LogP contribution in [-0.2, 0) is 6.54 Å². The first-order valence-corrected chi connectivity index (χ1v) is 6.46. The van der Waals surface area contributed by atoms with Crippen molar-refractivity contribution < 1.29 is 4.74 Å². The molecule has 0 atom stereocenters. The van der Waals surface area contributed by atoms with Crippen LogP contribution in [0.4, 0.5) is 0 Å². The number of ether oxygens (including phenoxy) is 1. The van der Waals surface area contributed by atoms with E-state index in [0.717, 1.165) is 35.7 Å². The first-order chi connectivity index (χ1) is 9.19. The zero-order chi connectivity index (χ0) is 13.7. The van der Waals surface area contributed by atoms with Gasteiger partial charge in [-0.3, -0.25) is 4.98 Å². The molecule has 1 N–H and O–H groups in total. The van der Waals surface area contributed by atoms with Gasteiger partial charge < -0.3 is 10.1 Å². The predicted molar refractivity (Wildman–Crippen MR) is 75.4 cm³/mol. The Labute approximate surface area is 113 Å². The second-order valence-corrected chi connectivity index (χ2v) is 4.50. The number of hydrogen-bond acceptors (Lipinski definition) is 4. The first kappa shape index (κ1) is 13.5. The summed E-state index contributed by atoms with van der Waals surface area (Å²) in [5.74, 6) is 1.35. The van der Waals surface area contributed by atoms with Gasteiger partial charge in [0.2, 0.25) is 5.88 Å². The lowest BCUT2D eigenvalue weighted by atomic mass is 10.1. The van der Waals surface area contributed by atoms with Crippen LogP contribution in [0.15, 0.2) is 30.6 Å². The molecule has 0 spiro atoms. The fourth-order valence-electron chi connectivity index (χ4n) is 1.67. The number of nitrogens with zero attached hydrogens (tertiary/aromatic N) is 2. The van der Waals surface area contributed by atoms with E-state index in [0.29, 0.717) is 5.88 Å². The van der Waals surface area contributed by atoms with Crippen LogP contribution in [0.1, 0.15) is 23.7 Å². The largest absolute Gasteiger partial charge is 0.437 e. The number of rotatable bonds is 5. The lowest BCUT2D eigenvalue weighted by molar-refractivity contribution is 0.455. The van der Waals surface area contributed by atoms with Crippen molar-refractivity contribution in [3.05, 3.63) is 47.4 Å². The van der Waals surface area contributed by atoms with Gasteiger partial charge in [0, 0.05) is 6.54 Å². The van der Waals surface area contributed by atoms with Crippen molar-refractivity contribution in [1.82, 2.24) is 15.3 Å². The molecule has 4 heteroatoms. The minimum Gasteiger partial charge on any atom is -0.437 e. The molecule has 0 fully saturated rings. The van der Waals surface area contributed by atoms with Crippen molar-refractivity contribution in [1.29, 1.82) is 0 Å². The molecule has 4 nitrogen and oxygen atoms in total. The minimum atomic E-state index is 0.522. The Kier molecular flexibility index (Phi) is 4.47. The highest BCUT2D eigenvalue weighted by Gasteiger charge is 2.03. The maximum atomic E-state index is 5.76. The first-order valence-electron chi connectivity index (χ1n) is 6.46. The second kappa shape index (κ2) is 6.29. The average Bonchev–Trinajstić information content (AvgIpc) is 2.42. The Morgan fingerprint density at radius 1 is 1.16 bits per heavy atom. The fraction of sp³-hybridized carbons (Fsp3) is 0.333. The number of benzene rings is 1. The Morgan fingerprint density at radius 3 is 2.68 bits per heavy atom. The lowest BCUT2D eigenvalue weighted by Gasteiger charge is -2.08. The summed E-state index contributed by atoms with van der Waals surface area (Å²) >= 11 is 0. The number of nitrogens with one attached hydrogen (secondary N) is 1. The summed E-state index contributed by atoms with van der Waals surface area (Å²) in [6.45, 7) is 7.76. The van der Waals surface area contributed by atoms with Gasteiger partial charge in [0.05, 0.1) is 18.1 Å². The molecule has 0 saturated carbocycles. The van der Waals surface area contributed by atoms with E-state index in [1.807, 2.05) is 26.0 Å². The van der Waals surface area contributed by atoms with Crippen LogP contribution >= 0.6 is 0 Å². The molecule has 1 aromatic heterocycles. The van der Waals surface area contributed by atoms with Gasteiger partial charge >= 0.3 is 0 Å². The second-order valence-electron chi connectivity index (χ2n) is 4.50. The molecule has 100 valence electrons. The van der Waals surface area contributed by atoms with Gasteiger partial charge in [-0.25, -0.2) is 4.98 Å². The van der Waals surface area contributed by atoms with E-state index in [2.05, 4.69) is 28.3 Å². The molecule has 2 rings (SSSR count). The molecule has 0 amide bonds. The smallest absolute Gasteiger partial charge is 0.237 e. The lowest BCUT2D eigenvalue weighted by Crippen LogP contribution is -2.13. The van der Waals surface area contributed by atoms with E-state index in [1.165, 1.54) is 0 Å². The van der Waals surface area contributed by atoms with Crippen molar-refractivity contribution in [2.24, 2.45) is 0 Å². The van der Waals surface area contributed by atoms with E-state index in [9.17, 15) is 0 Å². The van der Waals surface area contributed by atoms with Crippen LogP contribution in [0.2, 0.25) is 0 Å². The monoisotopic (exact) mass is 257 g/mol. The van der Waals surface area contributed by atoms with Gasteiger partial charge in [-0.05, 0) is 37.6 Å². The Bertz CT molecular complexity index is 538. The van der Waals surface area contributed by atoms with E-state index >= 15 is 0 Å². The molecule has 0 radical (unpaired) electrons. The maximum Gasteiger partial charge on any atom is 0.237 e.